The summed E-state index contributed by atoms with van der Waals surface area (Å²) in [5.74, 6) is 0. The second kappa shape index (κ2) is 13.7. The number of allylic oxidation sites excluding steroid dienone is 5. The molecule has 0 saturated heterocycles. The Bertz CT molecular complexity index is 4020. The Labute approximate surface area is 390 Å². The zero-order chi connectivity index (χ0) is 44.8. The van der Waals surface area contributed by atoms with Gasteiger partial charge in [0, 0.05) is 43.9 Å². The standard InChI is InChI=1S/C65H46N2/c1-5-6-26-53-40(2)45-23-13-17-28-55(45)65(53)56-29-18-15-25-48(56)62-57(65)33-32-47-50-36-41(31-35-60(50)67(63(47)62)44-21-11-8-12-22-44)42-30-34-59-51(37-42)52-38-49-46-24-14-16-27-54(46)64(3,4)58(49)39-61(52)66(59)43-19-9-7-10-20-43/h5-39H,2H2,1,3-4H3/b6-5-,53-26+. The summed E-state index contributed by atoms with van der Waals surface area (Å²) in [6, 6.07) is 72.8. The molecule has 9 aromatic carbocycles. The molecule has 0 amide bonds. The van der Waals surface area contributed by atoms with E-state index in [0.29, 0.717) is 0 Å². The molecule has 14 rings (SSSR count). The van der Waals surface area contributed by atoms with Gasteiger partial charge in [0.1, 0.15) is 0 Å². The fourth-order valence-corrected chi connectivity index (χ4v) is 12.7. The predicted octanol–water partition coefficient (Wildman–Crippen LogP) is 16.7. The SMILES string of the molecule is C=C1/C(=C\C=C/C)C2(c3ccccc31)c1ccccc1-c1c2ccc2c3cc(-c4ccc5c(c4)c4cc6c(cc4n5-c4ccccc4)C(C)(C)c4ccccc4-6)ccc3n(-c3ccccc3)c12. The lowest BCUT2D eigenvalue weighted by Gasteiger charge is -2.30. The summed E-state index contributed by atoms with van der Waals surface area (Å²) in [4.78, 5) is 0. The smallest absolute Gasteiger partial charge is 0.0726 e. The van der Waals surface area contributed by atoms with Crippen LogP contribution >= 0.6 is 0 Å². The molecule has 3 aliphatic carbocycles. The summed E-state index contributed by atoms with van der Waals surface area (Å²) in [5, 5.41) is 5.01. The van der Waals surface area contributed by atoms with Gasteiger partial charge in [0.2, 0.25) is 0 Å². The number of benzene rings is 9. The molecule has 3 aliphatic rings. The summed E-state index contributed by atoms with van der Waals surface area (Å²) < 4.78 is 4.98. The molecule has 2 heteroatoms. The molecular formula is C65H46N2. The lowest BCUT2D eigenvalue weighted by atomic mass is 9.70. The Kier molecular flexibility index (Phi) is 7.77. The van der Waals surface area contributed by atoms with Gasteiger partial charge >= 0.3 is 0 Å². The van der Waals surface area contributed by atoms with Crippen molar-refractivity contribution in [1.82, 2.24) is 9.13 Å². The fourth-order valence-electron chi connectivity index (χ4n) is 12.7. The molecule has 0 N–H and O–H groups in total. The molecule has 67 heavy (non-hydrogen) atoms. The Morgan fingerprint density at radius 1 is 0.433 bits per heavy atom. The first-order chi connectivity index (χ1) is 32.9. The van der Waals surface area contributed by atoms with Gasteiger partial charge in [-0.1, -0.05) is 172 Å². The molecule has 1 atom stereocenters. The predicted molar refractivity (Wildman–Crippen MR) is 282 cm³/mol. The molecule has 1 unspecified atom stereocenters. The van der Waals surface area contributed by atoms with Crippen molar-refractivity contribution in [2.75, 3.05) is 0 Å². The highest BCUT2D eigenvalue weighted by Gasteiger charge is 2.53. The summed E-state index contributed by atoms with van der Waals surface area (Å²) >= 11 is 0. The minimum Gasteiger partial charge on any atom is -0.309 e. The van der Waals surface area contributed by atoms with E-state index < -0.39 is 5.41 Å². The monoisotopic (exact) mass is 854 g/mol. The number of rotatable bonds is 4. The summed E-state index contributed by atoms with van der Waals surface area (Å²) in [6.45, 7) is 11.6. The van der Waals surface area contributed by atoms with E-state index in [-0.39, 0.29) is 5.41 Å². The molecule has 0 aliphatic heterocycles. The van der Waals surface area contributed by atoms with E-state index in [4.69, 9.17) is 6.58 Å². The van der Waals surface area contributed by atoms with E-state index in [9.17, 15) is 0 Å². The Hall–Kier alpha value is -8.20. The maximum Gasteiger partial charge on any atom is 0.0726 e. The fraction of sp³-hybridized carbons (Fsp3) is 0.0769. The van der Waals surface area contributed by atoms with Crippen molar-refractivity contribution in [2.24, 2.45) is 0 Å². The zero-order valence-electron chi connectivity index (χ0n) is 37.8. The third-order valence-corrected chi connectivity index (χ3v) is 15.6. The summed E-state index contributed by atoms with van der Waals surface area (Å²) in [6.07, 6.45) is 6.61. The number of hydrogen-bond acceptors (Lipinski definition) is 0. The van der Waals surface area contributed by atoms with Crippen molar-refractivity contribution in [2.45, 2.75) is 31.6 Å². The lowest BCUT2D eigenvalue weighted by molar-refractivity contribution is 0.661. The minimum atomic E-state index is -0.497. The van der Waals surface area contributed by atoms with Crippen molar-refractivity contribution >= 4 is 49.2 Å². The lowest BCUT2D eigenvalue weighted by Crippen LogP contribution is -2.26. The van der Waals surface area contributed by atoms with Gasteiger partial charge < -0.3 is 9.13 Å². The van der Waals surface area contributed by atoms with E-state index in [1.54, 1.807) is 0 Å². The molecule has 1 spiro atoms. The largest absolute Gasteiger partial charge is 0.309 e. The van der Waals surface area contributed by atoms with E-state index in [0.717, 1.165) is 11.3 Å². The van der Waals surface area contributed by atoms with Gasteiger partial charge in [0.05, 0.1) is 27.5 Å². The molecule has 0 fully saturated rings. The highest BCUT2D eigenvalue weighted by molar-refractivity contribution is 6.18. The van der Waals surface area contributed by atoms with Crippen LogP contribution in [-0.4, -0.2) is 9.13 Å². The van der Waals surface area contributed by atoms with Crippen LogP contribution in [0.4, 0.5) is 0 Å². The Morgan fingerprint density at radius 3 is 1.67 bits per heavy atom. The van der Waals surface area contributed by atoms with Gasteiger partial charge in [-0.15, -0.1) is 0 Å². The molecule has 2 nitrogen and oxygen atoms in total. The molecule has 2 heterocycles. The molecule has 2 aromatic heterocycles. The maximum atomic E-state index is 4.77. The van der Waals surface area contributed by atoms with Crippen LogP contribution in [0.5, 0.6) is 0 Å². The van der Waals surface area contributed by atoms with E-state index >= 15 is 0 Å². The van der Waals surface area contributed by atoms with Crippen LogP contribution in [-0.2, 0) is 10.8 Å². The van der Waals surface area contributed by atoms with Crippen LogP contribution in [0, 0.1) is 0 Å². The van der Waals surface area contributed by atoms with Gasteiger partial charge in [-0.3, -0.25) is 0 Å². The minimum absolute atomic E-state index is 0.0953. The van der Waals surface area contributed by atoms with Crippen LogP contribution in [0.3, 0.4) is 0 Å². The number of nitrogens with zero attached hydrogens (tertiary/aromatic N) is 2. The van der Waals surface area contributed by atoms with E-state index in [1.165, 1.54) is 122 Å². The normalized spacial score (nSPS) is 17.1. The first-order valence-electron chi connectivity index (χ1n) is 23.6. The molecule has 0 bridgehead atoms. The van der Waals surface area contributed by atoms with Crippen LogP contribution in [0.15, 0.2) is 225 Å². The van der Waals surface area contributed by atoms with Crippen molar-refractivity contribution < 1.29 is 0 Å². The molecule has 0 radical (unpaired) electrons. The number of hydrogen-bond donors (Lipinski definition) is 0. The van der Waals surface area contributed by atoms with Crippen molar-refractivity contribution in [3.63, 3.8) is 0 Å². The highest BCUT2D eigenvalue weighted by atomic mass is 15.0. The van der Waals surface area contributed by atoms with Gasteiger partial charge in [0.15, 0.2) is 0 Å². The van der Waals surface area contributed by atoms with Crippen molar-refractivity contribution in [3.05, 3.63) is 258 Å². The van der Waals surface area contributed by atoms with Gasteiger partial charge in [-0.05, 0) is 140 Å². The van der Waals surface area contributed by atoms with Crippen molar-refractivity contribution in [1.29, 1.82) is 0 Å². The van der Waals surface area contributed by atoms with E-state index in [1.807, 2.05) is 0 Å². The first kappa shape index (κ1) is 38.1. The van der Waals surface area contributed by atoms with Crippen LogP contribution in [0.1, 0.15) is 54.2 Å². The quantitative estimate of drug-likeness (QED) is 0.167. The molecular weight excluding hydrogens is 809 g/mol. The van der Waals surface area contributed by atoms with Gasteiger partial charge in [-0.2, -0.15) is 0 Å². The topological polar surface area (TPSA) is 9.86 Å². The Morgan fingerprint density at radius 2 is 0.985 bits per heavy atom. The number of fused-ring (bicyclic) bond motifs is 17. The van der Waals surface area contributed by atoms with Crippen LogP contribution in [0.2, 0.25) is 0 Å². The average molecular weight is 855 g/mol. The second-order valence-corrected chi connectivity index (χ2v) is 19.2. The highest BCUT2D eigenvalue weighted by Crippen LogP contribution is 2.65. The third-order valence-electron chi connectivity index (χ3n) is 15.6. The van der Waals surface area contributed by atoms with Crippen LogP contribution < -0.4 is 0 Å². The van der Waals surface area contributed by atoms with Crippen molar-refractivity contribution in [3.8, 4) is 44.8 Å². The van der Waals surface area contributed by atoms with E-state index in [2.05, 4.69) is 242 Å². The molecule has 11 aromatic rings. The Balaban J connectivity index is 1.03. The molecule has 316 valence electrons. The summed E-state index contributed by atoms with van der Waals surface area (Å²) in [5.41, 5.74) is 24.5. The number of aromatic nitrogens is 2. The number of para-hydroxylation sites is 2. The maximum absolute atomic E-state index is 4.77. The molecule has 0 saturated carbocycles. The third kappa shape index (κ3) is 4.89. The summed E-state index contributed by atoms with van der Waals surface area (Å²) in [7, 11) is 0. The zero-order valence-corrected chi connectivity index (χ0v) is 37.8. The van der Waals surface area contributed by atoms with Crippen LogP contribution in [0.25, 0.3) is 93.9 Å². The second-order valence-electron chi connectivity index (χ2n) is 19.2. The van der Waals surface area contributed by atoms with Gasteiger partial charge in [0.25, 0.3) is 0 Å². The average Bonchev–Trinajstić information content (AvgIpc) is 4.11. The van der Waals surface area contributed by atoms with Gasteiger partial charge in [-0.25, -0.2) is 0 Å². The first-order valence-corrected chi connectivity index (χ1v) is 23.6.